The van der Waals surface area contributed by atoms with Crippen LogP contribution in [0, 0.1) is 0 Å². The molecule has 4 aromatic rings. The summed E-state index contributed by atoms with van der Waals surface area (Å²) in [6, 6.07) is 17.4. The van der Waals surface area contributed by atoms with Crippen molar-refractivity contribution in [2.45, 2.75) is 17.4 Å². The Hall–Kier alpha value is -3.69. The molecule has 3 heterocycles. The number of fused-ring (bicyclic) bond motifs is 1. The fourth-order valence-electron chi connectivity index (χ4n) is 4.10. The van der Waals surface area contributed by atoms with Crippen LogP contribution in [0.25, 0.3) is 22.2 Å². The largest absolute Gasteiger partial charge is 0.391 e. The number of aromatic nitrogens is 2. The van der Waals surface area contributed by atoms with Crippen LogP contribution in [0.5, 0.6) is 0 Å². The zero-order chi connectivity index (χ0) is 23.0. The molecule has 3 N–H and O–H groups in total. The summed E-state index contributed by atoms with van der Waals surface area (Å²) in [5, 5.41) is 11.0. The predicted molar refractivity (Wildman–Crippen MR) is 125 cm³/mol. The van der Waals surface area contributed by atoms with E-state index in [-0.39, 0.29) is 10.5 Å². The van der Waals surface area contributed by atoms with E-state index in [9.17, 15) is 18.3 Å². The summed E-state index contributed by atoms with van der Waals surface area (Å²) in [5.41, 5.74) is 3.38. The molecule has 0 spiro atoms. The first-order chi connectivity index (χ1) is 15.9. The number of pyridine rings is 1. The lowest BCUT2D eigenvalue weighted by Gasteiger charge is -2.22. The van der Waals surface area contributed by atoms with Crippen molar-refractivity contribution in [2.24, 2.45) is 0 Å². The molecule has 5 rings (SSSR count). The zero-order valence-corrected chi connectivity index (χ0v) is 18.4. The van der Waals surface area contributed by atoms with Gasteiger partial charge in [0, 0.05) is 58.9 Å². The fraction of sp³-hybridized carbons (Fsp3) is 0.167. The molecule has 8 nitrogen and oxygen atoms in total. The Morgan fingerprint density at radius 1 is 1.09 bits per heavy atom. The van der Waals surface area contributed by atoms with Crippen molar-refractivity contribution < 1.29 is 18.3 Å². The molecule has 33 heavy (non-hydrogen) atoms. The Morgan fingerprint density at radius 2 is 1.88 bits per heavy atom. The fourth-order valence-corrected chi connectivity index (χ4v) is 5.10. The van der Waals surface area contributed by atoms with Crippen LogP contribution in [0.4, 0.5) is 5.69 Å². The number of hydrogen-bond acceptors (Lipinski definition) is 6. The molecule has 1 atom stereocenters. The van der Waals surface area contributed by atoms with E-state index in [4.69, 9.17) is 0 Å². The first-order valence-electron chi connectivity index (χ1n) is 10.5. The van der Waals surface area contributed by atoms with Crippen molar-refractivity contribution in [3.63, 3.8) is 0 Å². The summed E-state index contributed by atoms with van der Waals surface area (Å²) in [5.74, 6) is -0.726. The normalized spacial score (nSPS) is 16.3. The van der Waals surface area contributed by atoms with Crippen molar-refractivity contribution in [3.05, 3.63) is 78.6 Å². The van der Waals surface area contributed by atoms with Crippen LogP contribution in [-0.2, 0) is 10.0 Å². The number of amides is 1. The van der Waals surface area contributed by atoms with Crippen LogP contribution in [0.1, 0.15) is 16.8 Å². The second-order valence-corrected chi connectivity index (χ2v) is 9.69. The molecule has 1 aliphatic rings. The molecule has 1 fully saturated rings. The summed E-state index contributed by atoms with van der Waals surface area (Å²) in [7, 11) is -4.12. The SMILES string of the molecule is O=C(NS(=O)(=O)c1ccc(N2CC[C@H](O)C2)c(-c2cc3ccccc3[nH]2)c1)c1ccncc1. The Labute approximate surface area is 191 Å². The van der Waals surface area contributed by atoms with Gasteiger partial charge in [0.15, 0.2) is 0 Å². The Morgan fingerprint density at radius 3 is 2.61 bits per heavy atom. The second kappa shape index (κ2) is 8.34. The van der Waals surface area contributed by atoms with Gasteiger partial charge in [0.2, 0.25) is 0 Å². The number of H-pyrrole nitrogens is 1. The number of nitrogens with one attached hydrogen (secondary N) is 2. The highest BCUT2D eigenvalue weighted by Crippen LogP contribution is 2.36. The quantitative estimate of drug-likeness (QED) is 0.420. The highest BCUT2D eigenvalue weighted by molar-refractivity contribution is 7.90. The van der Waals surface area contributed by atoms with E-state index in [1.54, 1.807) is 12.1 Å². The van der Waals surface area contributed by atoms with Crippen LogP contribution in [-0.4, -0.2) is 48.6 Å². The number of carbonyl (C=O) groups is 1. The summed E-state index contributed by atoms with van der Waals surface area (Å²) in [6.07, 6.45) is 3.07. The molecule has 2 aromatic heterocycles. The second-order valence-electron chi connectivity index (χ2n) is 8.01. The van der Waals surface area contributed by atoms with Gasteiger partial charge in [0.05, 0.1) is 11.0 Å². The highest BCUT2D eigenvalue weighted by atomic mass is 32.2. The number of sulfonamides is 1. The van der Waals surface area contributed by atoms with Gasteiger partial charge >= 0.3 is 0 Å². The van der Waals surface area contributed by atoms with E-state index < -0.39 is 22.0 Å². The number of aromatic amines is 1. The minimum Gasteiger partial charge on any atom is -0.391 e. The standard InChI is InChI=1S/C24H22N4O4S/c29-18-9-12-28(15-18)23-6-5-19(33(31,32)27-24(30)16-7-10-25-11-8-16)14-20(23)22-13-17-3-1-2-4-21(17)26-22/h1-8,10-11,13-14,18,26,29H,9,12,15H2,(H,27,30)/t18-/m0/s1. The van der Waals surface area contributed by atoms with E-state index in [0.29, 0.717) is 25.1 Å². The lowest BCUT2D eigenvalue weighted by Crippen LogP contribution is -2.30. The minimum absolute atomic E-state index is 0.0259. The van der Waals surface area contributed by atoms with E-state index >= 15 is 0 Å². The maximum Gasteiger partial charge on any atom is 0.265 e. The van der Waals surface area contributed by atoms with Crippen molar-refractivity contribution in [1.82, 2.24) is 14.7 Å². The number of aliphatic hydroxyl groups is 1. The van der Waals surface area contributed by atoms with Gasteiger partial charge in [0.25, 0.3) is 15.9 Å². The van der Waals surface area contributed by atoms with Crippen molar-refractivity contribution >= 4 is 32.5 Å². The molecule has 0 unspecified atom stereocenters. The van der Waals surface area contributed by atoms with Gasteiger partial charge in [-0.2, -0.15) is 0 Å². The molecule has 9 heteroatoms. The molecular weight excluding hydrogens is 440 g/mol. The zero-order valence-electron chi connectivity index (χ0n) is 17.6. The first kappa shape index (κ1) is 21.2. The van der Waals surface area contributed by atoms with Gasteiger partial charge in [-0.1, -0.05) is 18.2 Å². The van der Waals surface area contributed by atoms with Crippen molar-refractivity contribution in [2.75, 3.05) is 18.0 Å². The van der Waals surface area contributed by atoms with Gasteiger partial charge in [0.1, 0.15) is 0 Å². The van der Waals surface area contributed by atoms with Crippen molar-refractivity contribution in [1.29, 1.82) is 0 Å². The maximum atomic E-state index is 13.0. The molecule has 0 radical (unpaired) electrons. The number of rotatable bonds is 5. The van der Waals surface area contributed by atoms with Gasteiger partial charge < -0.3 is 15.0 Å². The van der Waals surface area contributed by atoms with Gasteiger partial charge in [-0.3, -0.25) is 9.78 Å². The molecule has 1 aliphatic heterocycles. The average Bonchev–Trinajstić information content (AvgIpc) is 3.45. The number of anilines is 1. The number of hydrogen-bond donors (Lipinski definition) is 3. The molecule has 1 amide bonds. The molecule has 2 aromatic carbocycles. The maximum absolute atomic E-state index is 13.0. The van der Waals surface area contributed by atoms with Crippen LogP contribution in [0.3, 0.4) is 0 Å². The Kier molecular flexibility index (Phi) is 5.35. The van der Waals surface area contributed by atoms with Gasteiger partial charge in [-0.15, -0.1) is 0 Å². The van der Waals surface area contributed by atoms with E-state index in [0.717, 1.165) is 22.3 Å². The molecule has 168 valence electrons. The number of benzene rings is 2. The van der Waals surface area contributed by atoms with E-state index in [1.165, 1.54) is 30.6 Å². The predicted octanol–water partition coefficient (Wildman–Crippen LogP) is 2.92. The summed E-state index contributed by atoms with van der Waals surface area (Å²) >= 11 is 0. The van der Waals surface area contributed by atoms with Gasteiger partial charge in [-0.05, 0) is 48.9 Å². The van der Waals surface area contributed by atoms with Crippen LogP contribution in [0.2, 0.25) is 0 Å². The third-order valence-corrected chi connectivity index (χ3v) is 7.10. The molecule has 0 aliphatic carbocycles. The van der Waals surface area contributed by atoms with Crippen molar-refractivity contribution in [3.8, 4) is 11.3 Å². The third-order valence-electron chi connectivity index (χ3n) is 5.77. The average molecular weight is 463 g/mol. The molecule has 1 saturated heterocycles. The lowest BCUT2D eigenvalue weighted by molar-refractivity contribution is 0.0981. The van der Waals surface area contributed by atoms with E-state index in [2.05, 4.69) is 14.7 Å². The molecule has 0 bridgehead atoms. The lowest BCUT2D eigenvalue weighted by atomic mass is 10.1. The number of nitrogens with zero attached hydrogens (tertiary/aromatic N) is 2. The third kappa shape index (κ3) is 4.20. The van der Waals surface area contributed by atoms with E-state index in [1.807, 2.05) is 35.2 Å². The van der Waals surface area contributed by atoms with Crippen LogP contribution in [0.15, 0.2) is 78.0 Å². The first-order valence-corrected chi connectivity index (χ1v) is 12.0. The van der Waals surface area contributed by atoms with Gasteiger partial charge in [-0.25, -0.2) is 13.1 Å². The topological polar surface area (TPSA) is 115 Å². The smallest absolute Gasteiger partial charge is 0.265 e. The molecular formula is C24H22N4O4S. The van der Waals surface area contributed by atoms with Crippen LogP contribution >= 0.6 is 0 Å². The Bertz CT molecular complexity index is 1400. The monoisotopic (exact) mass is 462 g/mol. The molecule has 0 saturated carbocycles. The minimum atomic E-state index is -4.12. The number of aliphatic hydroxyl groups excluding tert-OH is 1. The number of para-hydroxylation sites is 1. The van der Waals surface area contributed by atoms with Crippen LogP contribution < -0.4 is 9.62 Å². The number of β-amino-alcohol motifs (C(OH)–C–C–N with tert-alkyl or cyclic N) is 1. The number of carbonyl (C=O) groups excluding carboxylic acids is 1. The Balaban J connectivity index is 1.56. The highest BCUT2D eigenvalue weighted by Gasteiger charge is 2.26. The summed E-state index contributed by atoms with van der Waals surface area (Å²) in [4.78, 5) is 21.7. The summed E-state index contributed by atoms with van der Waals surface area (Å²) < 4.78 is 28.2. The summed E-state index contributed by atoms with van der Waals surface area (Å²) in [6.45, 7) is 1.14.